The Hall–Kier alpha value is -3.18. The Morgan fingerprint density at radius 2 is 1.93 bits per heavy atom. The Morgan fingerprint density at radius 1 is 1.22 bits per heavy atom. The maximum atomic E-state index is 12.8. The highest BCUT2D eigenvalue weighted by Gasteiger charge is 2.30. The Balaban J connectivity index is 1.85. The van der Waals surface area contributed by atoms with Crippen LogP contribution in [0.4, 0.5) is 18.9 Å². The van der Waals surface area contributed by atoms with Crippen molar-refractivity contribution in [2.24, 2.45) is 0 Å². The lowest BCUT2D eigenvalue weighted by atomic mass is 10.1. The van der Waals surface area contributed by atoms with E-state index in [0.29, 0.717) is 17.1 Å². The number of carbonyl (C=O) groups is 1. The second kappa shape index (κ2) is 7.21. The van der Waals surface area contributed by atoms with Gasteiger partial charge in [0.2, 0.25) is 6.79 Å². The summed E-state index contributed by atoms with van der Waals surface area (Å²) in [4.78, 5) is 12.3. The number of nitrogens with zero attached hydrogens (tertiary/aromatic N) is 1. The van der Waals surface area contributed by atoms with Crippen LogP contribution in [0.5, 0.6) is 11.5 Å². The topological polar surface area (TPSA) is 71.3 Å². The van der Waals surface area contributed by atoms with Gasteiger partial charge in [-0.05, 0) is 35.9 Å². The molecular weight excluding hydrogens is 385 g/mol. The number of carbonyl (C=O) groups excluding carboxylic acids is 1. The lowest BCUT2D eigenvalue weighted by molar-refractivity contribution is -0.137. The van der Waals surface area contributed by atoms with Gasteiger partial charge in [-0.2, -0.15) is 18.4 Å². The molecule has 5 nitrogen and oxygen atoms in total. The second-order valence-corrected chi connectivity index (χ2v) is 5.84. The van der Waals surface area contributed by atoms with Gasteiger partial charge in [0.25, 0.3) is 5.91 Å². The van der Waals surface area contributed by atoms with Crippen molar-refractivity contribution in [3.05, 3.63) is 58.1 Å². The molecule has 1 amide bonds. The molecule has 0 radical (unpaired) electrons. The van der Waals surface area contributed by atoms with Crippen molar-refractivity contribution in [3.8, 4) is 17.6 Å². The smallest absolute Gasteiger partial charge is 0.416 e. The van der Waals surface area contributed by atoms with Crippen molar-refractivity contribution in [1.82, 2.24) is 0 Å². The Kier molecular flexibility index (Phi) is 4.97. The number of anilines is 1. The summed E-state index contributed by atoms with van der Waals surface area (Å²) >= 11 is 6.10. The van der Waals surface area contributed by atoms with Crippen molar-refractivity contribution in [3.63, 3.8) is 0 Å². The first-order valence-electron chi connectivity index (χ1n) is 7.47. The summed E-state index contributed by atoms with van der Waals surface area (Å²) < 4.78 is 48.7. The van der Waals surface area contributed by atoms with Gasteiger partial charge < -0.3 is 14.8 Å². The summed E-state index contributed by atoms with van der Waals surface area (Å²) in [5.41, 5.74) is -1.01. The summed E-state index contributed by atoms with van der Waals surface area (Å²) in [5, 5.41) is 11.7. The number of rotatable bonds is 3. The molecule has 2 aromatic carbocycles. The summed E-state index contributed by atoms with van der Waals surface area (Å²) in [6, 6.07) is 8.79. The minimum absolute atomic E-state index is 0.0277. The van der Waals surface area contributed by atoms with E-state index in [4.69, 9.17) is 21.1 Å². The minimum atomic E-state index is -4.55. The standard InChI is InChI=1S/C18H10ClF3N2O3/c19-14-7-16-15(26-9-27-16)5-10(14)4-11(8-23)17(25)24-13-3-1-2-12(6-13)18(20,21)22/h1-7H,9H2,(H,24,25). The van der Waals surface area contributed by atoms with Gasteiger partial charge in [0, 0.05) is 11.8 Å². The first-order valence-corrected chi connectivity index (χ1v) is 7.85. The van der Waals surface area contributed by atoms with Gasteiger partial charge >= 0.3 is 6.18 Å². The highest BCUT2D eigenvalue weighted by Crippen LogP contribution is 2.37. The van der Waals surface area contributed by atoms with Crippen molar-refractivity contribution >= 4 is 29.3 Å². The molecule has 1 aliphatic rings. The van der Waals surface area contributed by atoms with Crippen LogP contribution in [0, 0.1) is 11.3 Å². The van der Waals surface area contributed by atoms with Crippen LogP contribution >= 0.6 is 11.6 Å². The van der Waals surface area contributed by atoms with E-state index < -0.39 is 17.6 Å². The van der Waals surface area contributed by atoms with E-state index in [1.165, 1.54) is 24.3 Å². The molecule has 0 saturated heterocycles. The third-order valence-corrected chi connectivity index (χ3v) is 3.93. The molecule has 1 heterocycles. The van der Waals surface area contributed by atoms with Gasteiger partial charge in [-0.3, -0.25) is 4.79 Å². The van der Waals surface area contributed by atoms with E-state index in [1.54, 1.807) is 6.07 Å². The first kappa shape index (κ1) is 18.6. The Labute approximate surface area is 156 Å². The molecule has 0 atom stereocenters. The summed E-state index contributed by atoms with van der Waals surface area (Å²) in [6.45, 7) is 0.0277. The van der Waals surface area contributed by atoms with E-state index >= 15 is 0 Å². The largest absolute Gasteiger partial charge is 0.454 e. The third-order valence-electron chi connectivity index (χ3n) is 3.60. The maximum absolute atomic E-state index is 12.8. The molecular formula is C18H10ClF3N2O3. The normalized spacial score (nSPS) is 13.2. The van der Waals surface area contributed by atoms with Crippen LogP contribution < -0.4 is 14.8 Å². The zero-order valence-corrected chi connectivity index (χ0v) is 14.2. The minimum Gasteiger partial charge on any atom is -0.454 e. The number of ether oxygens (including phenoxy) is 2. The third kappa shape index (κ3) is 4.15. The van der Waals surface area contributed by atoms with Gasteiger partial charge in [0.05, 0.1) is 10.6 Å². The number of nitrogens with one attached hydrogen (secondary N) is 1. The van der Waals surface area contributed by atoms with Crippen LogP contribution in [0.1, 0.15) is 11.1 Å². The molecule has 138 valence electrons. The van der Waals surface area contributed by atoms with Crippen LogP contribution in [0.2, 0.25) is 5.02 Å². The molecule has 0 saturated carbocycles. The average Bonchev–Trinajstić information content (AvgIpc) is 3.06. The number of halogens is 4. The van der Waals surface area contributed by atoms with Crippen LogP contribution in [0.25, 0.3) is 6.08 Å². The van der Waals surface area contributed by atoms with Gasteiger partial charge in [-0.25, -0.2) is 0 Å². The van der Waals surface area contributed by atoms with Crippen LogP contribution in [-0.4, -0.2) is 12.7 Å². The summed E-state index contributed by atoms with van der Waals surface area (Å²) in [5.74, 6) is -0.0316. The fourth-order valence-electron chi connectivity index (χ4n) is 2.32. The average molecular weight is 395 g/mol. The predicted molar refractivity (Wildman–Crippen MR) is 91.2 cm³/mol. The number of fused-ring (bicyclic) bond motifs is 1. The monoisotopic (exact) mass is 394 g/mol. The molecule has 0 aliphatic carbocycles. The molecule has 3 rings (SSSR count). The first-order chi connectivity index (χ1) is 12.8. The van der Waals surface area contributed by atoms with Crippen molar-refractivity contribution in [2.75, 3.05) is 12.1 Å². The Bertz CT molecular complexity index is 981. The molecule has 27 heavy (non-hydrogen) atoms. The van der Waals surface area contributed by atoms with Crippen LogP contribution in [0.3, 0.4) is 0 Å². The molecule has 1 N–H and O–H groups in total. The SMILES string of the molecule is N#CC(=Cc1cc2c(cc1Cl)OCO2)C(=O)Nc1cccc(C(F)(F)F)c1. The van der Waals surface area contributed by atoms with Gasteiger partial charge in [-0.1, -0.05) is 17.7 Å². The molecule has 0 aromatic heterocycles. The van der Waals surface area contributed by atoms with E-state index in [9.17, 15) is 23.2 Å². The highest BCUT2D eigenvalue weighted by molar-refractivity contribution is 6.32. The zero-order valence-electron chi connectivity index (χ0n) is 13.4. The number of benzene rings is 2. The van der Waals surface area contributed by atoms with Crippen LogP contribution in [0.15, 0.2) is 42.0 Å². The summed E-state index contributed by atoms with van der Waals surface area (Å²) in [7, 11) is 0. The lowest BCUT2D eigenvalue weighted by Gasteiger charge is -2.09. The zero-order chi connectivity index (χ0) is 19.6. The van der Waals surface area contributed by atoms with Crippen LogP contribution in [-0.2, 0) is 11.0 Å². The molecule has 0 spiro atoms. The fraction of sp³-hybridized carbons (Fsp3) is 0.111. The van der Waals surface area contributed by atoms with Gasteiger partial charge in [0.1, 0.15) is 11.6 Å². The second-order valence-electron chi connectivity index (χ2n) is 5.43. The van der Waals surface area contributed by atoms with E-state index in [-0.39, 0.29) is 23.1 Å². The lowest BCUT2D eigenvalue weighted by Crippen LogP contribution is -2.14. The van der Waals surface area contributed by atoms with Crippen molar-refractivity contribution in [1.29, 1.82) is 5.26 Å². The number of alkyl halides is 3. The highest BCUT2D eigenvalue weighted by atomic mass is 35.5. The van der Waals surface area contributed by atoms with Crippen molar-refractivity contribution < 1.29 is 27.4 Å². The molecule has 9 heteroatoms. The number of hydrogen-bond donors (Lipinski definition) is 1. The molecule has 2 aromatic rings. The predicted octanol–water partition coefficient (Wildman–Crippen LogP) is 4.63. The molecule has 0 bridgehead atoms. The van der Waals surface area contributed by atoms with E-state index in [0.717, 1.165) is 18.2 Å². The molecule has 1 aliphatic heterocycles. The maximum Gasteiger partial charge on any atom is 0.416 e. The van der Waals surface area contributed by atoms with Crippen molar-refractivity contribution in [2.45, 2.75) is 6.18 Å². The molecule has 0 fully saturated rings. The molecule has 0 unspecified atom stereocenters. The number of amides is 1. The summed E-state index contributed by atoms with van der Waals surface area (Å²) in [6.07, 6.45) is -3.33. The Morgan fingerprint density at radius 3 is 2.59 bits per heavy atom. The number of nitriles is 1. The quantitative estimate of drug-likeness (QED) is 0.608. The fourth-order valence-corrected chi connectivity index (χ4v) is 2.53. The van der Waals surface area contributed by atoms with Gasteiger partial charge in [0.15, 0.2) is 11.5 Å². The van der Waals surface area contributed by atoms with E-state index in [1.807, 2.05) is 0 Å². The number of hydrogen-bond acceptors (Lipinski definition) is 4. The van der Waals surface area contributed by atoms with E-state index in [2.05, 4.69) is 5.32 Å². The van der Waals surface area contributed by atoms with Gasteiger partial charge in [-0.15, -0.1) is 0 Å².